The van der Waals surface area contributed by atoms with Gasteiger partial charge in [0, 0.05) is 6.54 Å². The van der Waals surface area contributed by atoms with Crippen molar-refractivity contribution in [3.8, 4) is 0 Å². The standard InChI is InChI=1S/C24H29NO2/c26-24-23(27-18-21-14-8-3-9-15-21)22(16-19-10-4-1-5-11-19)25(24)17-20-12-6-2-7-13-20/h2-3,6-9,12-15,19,22-23H,1,4-5,10-11,16-18H2/t22-,23+/m0/s1. The number of likely N-dealkylation sites (tertiary alicyclic amines) is 1. The molecule has 3 nitrogen and oxygen atoms in total. The summed E-state index contributed by atoms with van der Waals surface area (Å²) < 4.78 is 6.11. The summed E-state index contributed by atoms with van der Waals surface area (Å²) in [6.45, 7) is 1.21. The fraction of sp³-hybridized carbons (Fsp3) is 0.458. The van der Waals surface area contributed by atoms with Gasteiger partial charge in [0.25, 0.3) is 5.91 Å². The minimum Gasteiger partial charge on any atom is -0.362 e. The van der Waals surface area contributed by atoms with E-state index in [2.05, 4.69) is 24.3 Å². The molecule has 27 heavy (non-hydrogen) atoms. The maximum Gasteiger partial charge on any atom is 0.254 e. The Bertz CT molecular complexity index is 725. The second kappa shape index (κ2) is 8.71. The molecule has 0 aromatic heterocycles. The number of carbonyl (C=O) groups excluding carboxylic acids is 1. The molecule has 0 bridgehead atoms. The van der Waals surface area contributed by atoms with Crippen molar-refractivity contribution >= 4 is 5.91 Å². The van der Waals surface area contributed by atoms with Gasteiger partial charge in [-0.1, -0.05) is 92.8 Å². The second-order valence-corrected chi connectivity index (χ2v) is 7.98. The van der Waals surface area contributed by atoms with Gasteiger partial charge in [-0.15, -0.1) is 0 Å². The van der Waals surface area contributed by atoms with Crippen LogP contribution >= 0.6 is 0 Å². The largest absolute Gasteiger partial charge is 0.362 e. The van der Waals surface area contributed by atoms with Crippen molar-refractivity contribution in [2.24, 2.45) is 5.92 Å². The minimum absolute atomic E-state index is 0.149. The molecule has 2 aliphatic rings. The number of hydrogen-bond acceptors (Lipinski definition) is 2. The highest BCUT2D eigenvalue weighted by Gasteiger charge is 2.48. The van der Waals surface area contributed by atoms with Crippen molar-refractivity contribution in [3.63, 3.8) is 0 Å². The van der Waals surface area contributed by atoms with Gasteiger partial charge >= 0.3 is 0 Å². The van der Waals surface area contributed by atoms with Crippen LogP contribution in [-0.4, -0.2) is 23.0 Å². The van der Waals surface area contributed by atoms with Crippen molar-refractivity contribution in [2.75, 3.05) is 0 Å². The van der Waals surface area contributed by atoms with E-state index >= 15 is 0 Å². The highest BCUT2D eigenvalue weighted by molar-refractivity contribution is 5.88. The predicted molar refractivity (Wildman–Crippen MR) is 107 cm³/mol. The van der Waals surface area contributed by atoms with Crippen LogP contribution in [-0.2, 0) is 22.7 Å². The molecule has 1 aliphatic heterocycles. The zero-order chi connectivity index (χ0) is 18.5. The Hall–Kier alpha value is -2.13. The van der Waals surface area contributed by atoms with Gasteiger partial charge in [-0.25, -0.2) is 0 Å². The number of nitrogens with zero attached hydrogens (tertiary/aromatic N) is 1. The SMILES string of the molecule is O=C1[C@H](OCc2ccccc2)[C@H](CC2CCCCC2)N1Cc1ccccc1. The fourth-order valence-corrected chi connectivity index (χ4v) is 4.51. The summed E-state index contributed by atoms with van der Waals surface area (Å²) in [5, 5.41) is 0. The molecule has 1 saturated carbocycles. The Labute approximate surface area is 162 Å². The highest BCUT2D eigenvalue weighted by Crippen LogP contribution is 2.35. The van der Waals surface area contributed by atoms with E-state index in [1.54, 1.807) is 0 Å². The van der Waals surface area contributed by atoms with Crippen LogP contribution in [0.3, 0.4) is 0 Å². The van der Waals surface area contributed by atoms with Crippen LogP contribution in [0.25, 0.3) is 0 Å². The van der Waals surface area contributed by atoms with E-state index in [-0.39, 0.29) is 18.1 Å². The summed E-state index contributed by atoms with van der Waals surface area (Å²) in [5.74, 6) is 0.883. The van der Waals surface area contributed by atoms with Crippen LogP contribution in [0.4, 0.5) is 0 Å². The molecule has 2 atom stereocenters. The minimum atomic E-state index is -0.282. The highest BCUT2D eigenvalue weighted by atomic mass is 16.5. The van der Waals surface area contributed by atoms with Crippen molar-refractivity contribution in [3.05, 3.63) is 71.8 Å². The molecule has 0 spiro atoms. The zero-order valence-corrected chi connectivity index (χ0v) is 15.9. The second-order valence-electron chi connectivity index (χ2n) is 7.98. The molecule has 1 heterocycles. The van der Waals surface area contributed by atoms with E-state index in [4.69, 9.17) is 4.74 Å². The number of β-lactam (4-membered cyclic amide) rings is 1. The first kappa shape index (κ1) is 18.2. The molecular formula is C24H29NO2. The van der Waals surface area contributed by atoms with Gasteiger partial charge in [-0.2, -0.15) is 0 Å². The Morgan fingerprint density at radius 1 is 0.852 bits per heavy atom. The Balaban J connectivity index is 1.43. The first-order valence-corrected chi connectivity index (χ1v) is 10.3. The van der Waals surface area contributed by atoms with Crippen LogP contribution in [0.15, 0.2) is 60.7 Å². The van der Waals surface area contributed by atoms with Crippen LogP contribution in [0.2, 0.25) is 0 Å². The molecule has 3 heteroatoms. The third-order valence-electron chi connectivity index (χ3n) is 6.04. The molecule has 1 aliphatic carbocycles. The van der Waals surface area contributed by atoms with Gasteiger partial charge in [0.1, 0.15) is 0 Å². The van der Waals surface area contributed by atoms with E-state index in [0.717, 1.165) is 17.9 Å². The summed E-state index contributed by atoms with van der Waals surface area (Å²) in [7, 11) is 0. The Morgan fingerprint density at radius 2 is 1.48 bits per heavy atom. The fourth-order valence-electron chi connectivity index (χ4n) is 4.51. The van der Waals surface area contributed by atoms with Crippen LogP contribution < -0.4 is 0 Å². The first-order valence-electron chi connectivity index (χ1n) is 10.3. The van der Waals surface area contributed by atoms with Gasteiger partial charge in [0.05, 0.1) is 12.6 Å². The molecule has 2 aromatic carbocycles. The maximum absolute atomic E-state index is 12.8. The van der Waals surface area contributed by atoms with Gasteiger partial charge < -0.3 is 9.64 Å². The van der Waals surface area contributed by atoms with E-state index in [1.165, 1.54) is 37.7 Å². The quantitative estimate of drug-likeness (QED) is 0.651. The Kier molecular flexibility index (Phi) is 5.88. The van der Waals surface area contributed by atoms with Gasteiger partial charge in [0.15, 0.2) is 6.10 Å². The molecule has 0 unspecified atom stereocenters. The third kappa shape index (κ3) is 4.41. The van der Waals surface area contributed by atoms with Gasteiger partial charge in [-0.05, 0) is 23.5 Å². The molecule has 2 fully saturated rings. The number of amides is 1. The van der Waals surface area contributed by atoms with Crippen molar-refractivity contribution in [1.29, 1.82) is 0 Å². The number of ether oxygens (including phenoxy) is 1. The number of rotatable bonds is 7. The van der Waals surface area contributed by atoms with E-state index in [1.807, 2.05) is 41.3 Å². The number of benzene rings is 2. The summed E-state index contributed by atoms with van der Waals surface area (Å²) in [6, 6.07) is 20.7. The van der Waals surface area contributed by atoms with E-state index < -0.39 is 0 Å². The molecule has 0 N–H and O–H groups in total. The zero-order valence-electron chi connectivity index (χ0n) is 15.9. The average molecular weight is 364 g/mol. The van der Waals surface area contributed by atoms with E-state index in [0.29, 0.717) is 13.2 Å². The molecule has 1 saturated heterocycles. The van der Waals surface area contributed by atoms with Gasteiger partial charge in [0.2, 0.25) is 0 Å². The lowest BCUT2D eigenvalue weighted by atomic mass is 9.80. The third-order valence-corrected chi connectivity index (χ3v) is 6.04. The summed E-state index contributed by atoms with van der Waals surface area (Å²) in [5.41, 5.74) is 2.32. The predicted octanol–water partition coefficient (Wildman–Crippen LogP) is 4.95. The molecule has 0 radical (unpaired) electrons. The van der Waals surface area contributed by atoms with Crippen LogP contribution in [0, 0.1) is 5.92 Å². The van der Waals surface area contributed by atoms with Gasteiger partial charge in [-0.3, -0.25) is 4.79 Å². The molecule has 1 amide bonds. The van der Waals surface area contributed by atoms with Crippen molar-refractivity contribution < 1.29 is 9.53 Å². The van der Waals surface area contributed by atoms with Crippen molar-refractivity contribution in [2.45, 2.75) is 63.8 Å². The number of carbonyl (C=O) groups is 1. The maximum atomic E-state index is 12.8. The topological polar surface area (TPSA) is 29.5 Å². The van der Waals surface area contributed by atoms with Crippen LogP contribution in [0.5, 0.6) is 0 Å². The summed E-state index contributed by atoms with van der Waals surface area (Å²) in [6.07, 6.45) is 7.43. The summed E-state index contributed by atoms with van der Waals surface area (Å²) >= 11 is 0. The average Bonchev–Trinajstić information content (AvgIpc) is 2.74. The lowest BCUT2D eigenvalue weighted by Crippen LogP contribution is -2.65. The Morgan fingerprint density at radius 3 is 2.15 bits per heavy atom. The summed E-state index contributed by atoms with van der Waals surface area (Å²) in [4.78, 5) is 14.9. The molecule has 4 rings (SSSR count). The first-order chi connectivity index (χ1) is 13.3. The normalized spacial score (nSPS) is 23.3. The van der Waals surface area contributed by atoms with E-state index in [9.17, 15) is 4.79 Å². The molecule has 142 valence electrons. The van der Waals surface area contributed by atoms with Crippen molar-refractivity contribution in [1.82, 2.24) is 4.90 Å². The number of hydrogen-bond donors (Lipinski definition) is 0. The smallest absolute Gasteiger partial charge is 0.254 e. The monoisotopic (exact) mass is 363 g/mol. The van der Waals surface area contributed by atoms with Crippen LogP contribution in [0.1, 0.15) is 49.7 Å². The molecule has 2 aromatic rings. The lowest BCUT2D eigenvalue weighted by molar-refractivity contribution is -0.179. The lowest BCUT2D eigenvalue weighted by Gasteiger charge is -2.48. The molecular weight excluding hydrogens is 334 g/mol.